The van der Waals surface area contributed by atoms with Gasteiger partial charge in [-0.05, 0) is 80.6 Å². The van der Waals surface area contributed by atoms with E-state index >= 15 is 0 Å². The number of aliphatic hydroxyl groups is 1. The van der Waals surface area contributed by atoms with E-state index in [0.717, 1.165) is 22.2 Å². The normalized spacial score (nSPS) is 19.1. The molecule has 0 saturated carbocycles. The number of nitrogens with two attached hydrogens (primary N) is 1. The van der Waals surface area contributed by atoms with E-state index in [0.29, 0.717) is 6.32 Å². The molecule has 1 aliphatic carbocycles. The first kappa shape index (κ1) is 20.3. The molecule has 0 spiro atoms. The van der Waals surface area contributed by atoms with E-state index in [1.54, 1.807) is 0 Å². The summed E-state index contributed by atoms with van der Waals surface area (Å²) in [5, 5.41) is 9.42. The topological polar surface area (TPSA) is 49.5 Å². The van der Waals surface area contributed by atoms with Crippen molar-refractivity contribution in [2.45, 2.75) is 44.5 Å². The Kier molecular flexibility index (Phi) is 7.63. The number of fused-ring (bicyclic) bond motifs is 1. The van der Waals surface area contributed by atoms with Crippen LogP contribution in [0.2, 0.25) is 11.3 Å². The summed E-state index contributed by atoms with van der Waals surface area (Å²) in [6, 6.07) is 14.7. The van der Waals surface area contributed by atoms with E-state index in [4.69, 9.17) is 22.4 Å². The molecule has 0 aromatic heterocycles. The fraction of sp³-hybridized carbons (Fsp3) is 0.455. The van der Waals surface area contributed by atoms with E-state index in [9.17, 15) is 0 Å². The Hall–Kier alpha value is -1.49. The van der Waals surface area contributed by atoms with Gasteiger partial charge in [0.2, 0.25) is 0 Å². The van der Waals surface area contributed by atoms with Gasteiger partial charge < -0.3 is 15.7 Å². The van der Waals surface area contributed by atoms with Gasteiger partial charge in [-0.1, -0.05) is 41.6 Å². The molecule has 27 heavy (non-hydrogen) atoms. The standard InChI is InChI=1S/C14H18ClN.C8H11BNO/c15-13-5-3-11-4-6-14(10-12(11)9-13)16-7-1-2-8-16;10-8-3-1-7(2-4-8)9-5-6-11/h3,5,9,14H,1-2,4,6-8,10H2;1-4,11H,5-6,10H2. The zero-order valence-electron chi connectivity index (χ0n) is 15.9. The van der Waals surface area contributed by atoms with Gasteiger partial charge in [-0.15, -0.1) is 0 Å². The lowest BCUT2D eigenvalue weighted by molar-refractivity contribution is 0.222. The van der Waals surface area contributed by atoms with Crippen LogP contribution in [-0.4, -0.2) is 43.0 Å². The molecule has 3 nitrogen and oxygen atoms in total. The van der Waals surface area contributed by atoms with E-state index < -0.39 is 0 Å². The predicted octanol–water partition coefficient (Wildman–Crippen LogP) is 3.30. The minimum absolute atomic E-state index is 0.199. The van der Waals surface area contributed by atoms with Crippen molar-refractivity contribution in [1.29, 1.82) is 0 Å². The van der Waals surface area contributed by atoms with Crippen LogP contribution in [0.25, 0.3) is 0 Å². The molecule has 1 aliphatic heterocycles. The molecule has 1 unspecified atom stereocenters. The molecule has 2 aromatic rings. The maximum atomic E-state index is 8.53. The molecular weight excluding hydrogens is 355 g/mol. The molecule has 0 bridgehead atoms. The third-order valence-corrected chi connectivity index (χ3v) is 5.71. The number of likely N-dealkylation sites (tertiary alicyclic amines) is 1. The molecule has 2 aliphatic rings. The van der Waals surface area contributed by atoms with E-state index in [1.807, 2.05) is 37.6 Å². The molecule has 5 heteroatoms. The van der Waals surface area contributed by atoms with Crippen LogP contribution in [0.15, 0.2) is 42.5 Å². The highest BCUT2D eigenvalue weighted by Crippen LogP contribution is 2.28. The van der Waals surface area contributed by atoms with Gasteiger partial charge in [0.1, 0.15) is 0 Å². The van der Waals surface area contributed by atoms with Gasteiger partial charge in [-0.2, -0.15) is 0 Å². The fourth-order valence-corrected chi connectivity index (χ4v) is 4.18. The number of aliphatic hydroxyl groups excluding tert-OH is 1. The maximum Gasteiger partial charge on any atom is 0.153 e. The van der Waals surface area contributed by atoms with Gasteiger partial charge in [0, 0.05) is 23.4 Å². The van der Waals surface area contributed by atoms with Crippen LogP contribution in [0.5, 0.6) is 0 Å². The minimum Gasteiger partial charge on any atom is -0.399 e. The number of hydrogen-bond acceptors (Lipinski definition) is 3. The monoisotopic (exact) mass is 383 g/mol. The number of benzene rings is 2. The zero-order chi connectivity index (χ0) is 19.1. The smallest absolute Gasteiger partial charge is 0.153 e. The molecule has 3 N–H and O–H groups in total. The molecule has 1 saturated heterocycles. The maximum absolute atomic E-state index is 8.53. The van der Waals surface area contributed by atoms with Crippen molar-refractivity contribution in [2.75, 3.05) is 25.4 Å². The fourth-order valence-electron chi connectivity index (χ4n) is 3.99. The third kappa shape index (κ3) is 6.00. The van der Waals surface area contributed by atoms with Crippen molar-refractivity contribution in [3.8, 4) is 0 Å². The van der Waals surface area contributed by atoms with Gasteiger partial charge >= 0.3 is 0 Å². The van der Waals surface area contributed by atoms with Crippen LogP contribution in [0, 0.1) is 0 Å². The highest BCUT2D eigenvalue weighted by molar-refractivity contribution is 6.53. The quantitative estimate of drug-likeness (QED) is 0.629. The second kappa shape index (κ2) is 10.2. The van der Waals surface area contributed by atoms with Crippen molar-refractivity contribution in [3.63, 3.8) is 0 Å². The Morgan fingerprint density at radius 1 is 1.07 bits per heavy atom. The Morgan fingerprint density at radius 3 is 2.52 bits per heavy atom. The summed E-state index contributed by atoms with van der Waals surface area (Å²) in [5.74, 6) is 0. The van der Waals surface area contributed by atoms with Crippen molar-refractivity contribution >= 4 is 30.0 Å². The third-order valence-electron chi connectivity index (χ3n) is 5.47. The Balaban J connectivity index is 0.000000168. The summed E-state index contributed by atoms with van der Waals surface area (Å²) in [5.41, 5.74) is 10.4. The molecule has 1 atom stereocenters. The second-order valence-corrected chi connectivity index (χ2v) is 7.87. The number of nitrogen functional groups attached to an aromatic ring is 1. The molecule has 2 aromatic carbocycles. The molecule has 0 amide bonds. The van der Waals surface area contributed by atoms with Crippen molar-refractivity contribution in [2.24, 2.45) is 0 Å². The van der Waals surface area contributed by atoms with Crippen LogP contribution in [-0.2, 0) is 12.8 Å². The van der Waals surface area contributed by atoms with Crippen LogP contribution in [0.3, 0.4) is 0 Å². The van der Waals surface area contributed by atoms with E-state index in [1.165, 1.54) is 56.3 Å². The number of nitrogens with zero attached hydrogens (tertiary/aromatic N) is 1. The van der Waals surface area contributed by atoms with E-state index in [2.05, 4.69) is 17.0 Å². The summed E-state index contributed by atoms with van der Waals surface area (Å²) in [6.45, 7) is 2.81. The average molecular weight is 384 g/mol. The van der Waals surface area contributed by atoms with Gasteiger partial charge in [0.05, 0.1) is 0 Å². The highest BCUT2D eigenvalue weighted by Gasteiger charge is 2.26. The first-order chi connectivity index (χ1) is 13.2. The first-order valence-corrected chi connectivity index (χ1v) is 10.3. The number of aryl methyl sites for hydroxylation is 1. The van der Waals surface area contributed by atoms with Crippen LogP contribution < -0.4 is 11.2 Å². The average Bonchev–Trinajstić information content (AvgIpc) is 3.22. The van der Waals surface area contributed by atoms with Crippen LogP contribution in [0.4, 0.5) is 5.69 Å². The summed E-state index contributed by atoms with van der Waals surface area (Å²) in [7, 11) is 1.97. The van der Waals surface area contributed by atoms with Gasteiger partial charge in [-0.3, -0.25) is 0 Å². The Labute approximate surface area is 168 Å². The zero-order valence-corrected chi connectivity index (χ0v) is 16.7. The molecule has 1 radical (unpaired) electrons. The Bertz CT molecular complexity index is 717. The summed E-state index contributed by atoms with van der Waals surface area (Å²) >= 11 is 6.07. The predicted molar refractivity (Wildman–Crippen MR) is 116 cm³/mol. The molecule has 1 fully saturated rings. The first-order valence-electron chi connectivity index (χ1n) is 9.96. The van der Waals surface area contributed by atoms with Crippen molar-refractivity contribution in [1.82, 2.24) is 4.90 Å². The largest absolute Gasteiger partial charge is 0.399 e. The molecule has 143 valence electrons. The lowest BCUT2D eigenvalue weighted by atomic mass is 9.67. The lowest BCUT2D eigenvalue weighted by Gasteiger charge is -2.32. The summed E-state index contributed by atoms with van der Waals surface area (Å²) in [6.07, 6.45) is 7.24. The van der Waals surface area contributed by atoms with E-state index in [-0.39, 0.29) is 6.61 Å². The van der Waals surface area contributed by atoms with Gasteiger partial charge in [0.15, 0.2) is 7.28 Å². The lowest BCUT2D eigenvalue weighted by Crippen LogP contribution is -2.37. The molecular formula is C22H29BClN2O. The SMILES string of the molecule is Clc1ccc2c(c1)CC(N1CCCC1)CC2.Nc1ccc([B]CCO)cc1. The van der Waals surface area contributed by atoms with Crippen LogP contribution >= 0.6 is 11.6 Å². The number of hydrogen-bond donors (Lipinski definition) is 2. The van der Waals surface area contributed by atoms with Gasteiger partial charge in [0.25, 0.3) is 0 Å². The molecule has 4 rings (SSSR count). The second-order valence-electron chi connectivity index (χ2n) is 7.44. The Morgan fingerprint density at radius 2 is 1.81 bits per heavy atom. The van der Waals surface area contributed by atoms with Crippen molar-refractivity contribution < 1.29 is 5.11 Å². The van der Waals surface area contributed by atoms with Crippen molar-refractivity contribution in [3.05, 3.63) is 58.6 Å². The summed E-state index contributed by atoms with van der Waals surface area (Å²) < 4.78 is 0. The molecule has 1 heterocycles. The summed E-state index contributed by atoms with van der Waals surface area (Å²) in [4.78, 5) is 2.67. The highest BCUT2D eigenvalue weighted by atomic mass is 35.5. The minimum atomic E-state index is 0.199. The number of rotatable bonds is 4. The number of halogens is 1. The van der Waals surface area contributed by atoms with Gasteiger partial charge in [-0.25, -0.2) is 0 Å². The number of anilines is 1. The van der Waals surface area contributed by atoms with Crippen LogP contribution in [0.1, 0.15) is 30.4 Å².